The molecule has 0 unspecified atom stereocenters. The SMILES string of the molecule is c1ccc(C(=NN=PC2CCCCC2)c2ccccc2)cc1. The van der Waals surface area contributed by atoms with Crippen molar-refractivity contribution in [3.63, 3.8) is 0 Å². The zero-order valence-corrected chi connectivity index (χ0v) is 13.6. The average molecular weight is 308 g/mol. The monoisotopic (exact) mass is 308 g/mol. The van der Waals surface area contributed by atoms with Crippen LogP contribution in [0, 0.1) is 0 Å². The number of benzene rings is 2. The minimum Gasteiger partial charge on any atom is -0.146 e. The van der Waals surface area contributed by atoms with Crippen LogP contribution in [0.15, 0.2) is 70.6 Å². The van der Waals surface area contributed by atoms with Crippen molar-refractivity contribution in [2.24, 2.45) is 9.96 Å². The number of nitrogens with zero attached hydrogens (tertiary/aromatic N) is 2. The molecule has 0 spiro atoms. The topological polar surface area (TPSA) is 24.7 Å². The highest BCUT2D eigenvalue weighted by Crippen LogP contribution is 2.28. The van der Waals surface area contributed by atoms with E-state index in [9.17, 15) is 0 Å². The molecule has 3 rings (SSSR count). The molecule has 1 saturated carbocycles. The van der Waals surface area contributed by atoms with Gasteiger partial charge in [-0.3, -0.25) is 0 Å². The summed E-state index contributed by atoms with van der Waals surface area (Å²) in [7, 11) is 1.13. The Morgan fingerprint density at radius 1 is 0.773 bits per heavy atom. The minimum atomic E-state index is 0.699. The van der Waals surface area contributed by atoms with Gasteiger partial charge in [0.1, 0.15) is 5.71 Å². The molecule has 0 amide bonds. The second-order valence-electron chi connectivity index (χ2n) is 5.68. The maximum atomic E-state index is 4.59. The lowest BCUT2D eigenvalue weighted by molar-refractivity contribution is 0.514. The predicted molar refractivity (Wildman–Crippen MR) is 94.7 cm³/mol. The summed E-state index contributed by atoms with van der Waals surface area (Å²) in [6.45, 7) is 0. The van der Waals surface area contributed by atoms with E-state index in [0.29, 0.717) is 5.66 Å². The Morgan fingerprint density at radius 3 is 1.86 bits per heavy atom. The van der Waals surface area contributed by atoms with Gasteiger partial charge in [-0.2, -0.15) is 0 Å². The van der Waals surface area contributed by atoms with Gasteiger partial charge in [-0.15, -0.1) is 9.96 Å². The van der Waals surface area contributed by atoms with Gasteiger partial charge in [-0.25, -0.2) is 0 Å². The first kappa shape index (κ1) is 15.1. The molecule has 0 atom stereocenters. The molecule has 2 nitrogen and oxygen atoms in total. The van der Waals surface area contributed by atoms with Crippen LogP contribution in [0.1, 0.15) is 43.2 Å². The summed E-state index contributed by atoms with van der Waals surface area (Å²) in [5, 5.41) is 4.59. The van der Waals surface area contributed by atoms with E-state index in [-0.39, 0.29) is 0 Å². The van der Waals surface area contributed by atoms with Crippen LogP contribution in [0.2, 0.25) is 0 Å². The highest BCUT2D eigenvalue weighted by Gasteiger charge is 2.11. The predicted octanol–water partition coefficient (Wildman–Crippen LogP) is 5.90. The quantitative estimate of drug-likeness (QED) is 0.381. The molecule has 112 valence electrons. The fourth-order valence-corrected chi connectivity index (χ4v) is 3.70. The second kappa shape index (κ2) is 8.00. The van der Waals surface area contributed by atoms with Gasteiger partial charge in [0.25, 0.3) is 0 Å². The molecular formula is C19H21N2P. The average Bonchev–Trinajstić information content (AvgIpc) is 2.61. The van der Waals surface area contributed by atoms with Gasteiger partial charge in [0.2, 0.25) is 0 Å². The lowest BCUT2D eigenvalue weighted by Crippen LogP contribution is -2.04. The number of hydrogen-bond acceptors (Lipinski definition) is 1. The van der Waals surface area contributed by atoms with Crippen LogP contribution in [0.3, 0.4) is 0 Å². The van der Waals surface area contributed by atoms with Crippen LogP contribution in [0.4, 0.5) is 0 Å². The minimum absolute atomic E-state index is 0.699. The van der Waals surface area contributed by atoms with Crippen LogP contribution in [0.25, 0.3) is 0 Å². The molecule has 0 heterocycles. The molecule has 0 bridgehead atoms. The molecule has 0 aromatic heterocycles. The van der Waals surface area contributed by atoms with Gasteiger partial charge in [0.05, 0.1) is 0 Å². The molecule has 1 fully saturated rings. The summed E-state index contributed by atoms with van der Waals surface area (Å²) in [5.74, 6) is 0. The first-order valence-corrected chi connectivity index (χ1v) is 8.94. The van der Waals surface area contributed by atoms with Crippen LogP contribution >= 0.6 is 8.37 Å². The molecule has 22 heavy (non-hydrogen) atoms. The molecule has 0 aliphatic heterocycles. The largest absolute Gasteiger partial charge is 0.146 e. The van der Waals surface area contributed by atoms with E-state index < -0.39 is 0 Å². The van der Waals surface area contributed by atoms with Gasteiger partial charge in [0, 0.05) is 25.2 Å². The third-order valence-electron chi connectivity index (χ3n) is 4.03. The van der Waals surface area contributed by atoms with E-state index in [0.717, 1.165) is 25.2 Å². The lowest BCUT2D eigenvalue weighted by atomic mass is 10.0. The van der Waals surface area contributed by atoms with Crippen molar-refractivity contribution in [2.45, 2.75) is 37.8 Å². The van der Waals surface area contributed by atoms with Crippen molar-refractivity contribution in [3.05, 3.63) is 71.8 Å². The molecule has 0 radical (unpaired) electrons. The summed E-state index contributed by atoms with van der Waals surface area (Å²) in [6, 6.07) is 20.6. The lowest BCUT2D eigenvalue weighted by Gasteiger charge is -2.15. The van der Waals surface area contributed by atoms with Crippen molar-refractivity contribution >= 4 is 14.1 Å². The normalized spacial score (nSPS) is 15.8. The van der Waals surface area contributed by atoms with Crippen LogP contribution < -0.4 is 0 Å². The van der Waals surface area contributed by atoms with E-state index in [2.05, 4.69) is 34.2 Å². The van der Waals surface area contributed by atoms with E-state index in [1.807, 2.05) is 36.4 Å². The maximum absolute atomic E-state index is 4.59. The smallest absolute Gasteiger partial charge is 0.100 e. The van der Waals surface area contributed by atoms with E-state index in [1.165, 1.54) is 32.1 Å². The summed E-state index contributed by atoms with van der Waals surface area (Å²) in [4.78, 5) is 4.51. The molecule has 1 aliphatic rings. The van der Waals surface area contributed by atoms with Crippen LogP contribution in [-0.2, 0) is 0 Å². The molecule has 2 aromatic carbocycles. The van der Waals surface area contributed by atoms with Crippen molar-refractivity contribution in [2.75, 3.05) is 0 Å². The van der Waals surface area contributed by atoms with Gasteiger partial charge in [-0.1, -0.05) is 79.9 Å². The Hall–Kier alpha value is -1.79. The van der Waals surface area contributed by atoms with Crippen molar-refractivity contribution in [1.29, 1.82) is 0 Å². The van der Waals surface area contributed by atoms with Crippen LogP contribution in [0.5, 0.6) is 0 Å². The number of rotatable bonds is 4. The van der Waals surface area contributed by atoms with Crippen molar-refractivity contribution < 1.29 is 0 Å². The molecule has 2 aromatic rings. The zero-order valence-electron chi connectivity index (χ0n) is 12.7. The highest BCUT2D eigenvalue weighted by atomic mass is 31.1. The van der Waals surface area contributed by atoms with Gasteiger partial charge < -0.3 is 0 Å². The molecule has 1 aliphatic carbocycles. The third kappa shape index (κ3) is 4.11. The molecular weight excluding hydrogens is 287 g/mol. The number of hydrogen-bond donors (Lipinski definition) is 0. The fourth-order valence-electron chi connectivity index (χ4n) is 2.81. The fraction of sp³-hybridized carbons (Fsp3) is 0.316. The highest BCUT2D eigenvalue weighted by molar-refractivity contribution is 7.27. The molecule has 0 saturated heterocycles. The third-order valence-corrected chi connectivity index (χ3v) is 5.06. The van der Waals surface area contributed by atoms with Crippen molar-refractivity contribution in [1.82, 2.24) is 0 Å². The van der Waals surface area contributed by atoms with Crippen molar-refractivity contribution in [3.8, 4) is 0 Å². The second-order valence-corrected chi connectivity index (χ2v) is 6.82. The summed E-state index contributed by atoms with van der Waals surface area (Å²) < 4.78 is 0. The van der Waals surface area contributed by atoms with E-state index >= 15 is 0 Å². The Labute approximate surface area is 134 Å². The first-order valence-electron chi connectivity index (χ1n) is 8.02. The first-order chi connectivity index (χ1) is 10.9. The summed E-state index contributed by atoms with van der Waals surface area (Å²) in [5.41, 5.74) is 3.90. The van der Waals surface area contributed by atoms with Gasteiger partial charge >= 0.3 is 0 Å². The summed E-state index contributed by atoms with van der Waals surface area (Å²) in [6.07, 6.45) is 6.68. The standard InChI is InChI=1S/C19H21N2P/c1-4-10-16(11-5-1)19(17-12-6-2-7-13-17)20-21-22-18-14-8-3-9-15-18/h1-2,4-7,10-13,18H,3,8-9,14-15H2. The molecule has 3 heteroatoms. The molecule has 0 N–H and O–H groups in total. The maximum Gasteiger partial charge on any atom is 0.100 e. The van der Waals surface area contributed by atoms with E-state index in [4.69, 9.17) is 0 Å². The van der Waals surface area contributed by atoms with Gasteiger partial charge in [0.15, 0.2) is 0 Å². The zero-order chi connectivity index (χ0) is 15.0. The van der Waals surface area contributed by atoms with E-state index in [1.54, 1.807) is 0 Å². The van der Waals surface area contributed by atoms with Crippen LogP contribution in [-0.4, -0.2) is 11.4 Å². The van der Waals surface area contributed by atoms with Gasteiger partial charge in [-0.05, 0) is 12.8 Å². The summed E-state index contributed by atoms with van der Waals surface area (Å²) >= 11 is 0. The Balaban J connectivity index is 1.85. The Kier molecular flexibility index (Phi) is 5.50. The Morgan fingerprint density at radius 2 is 1.32 bits per heavy atom. The Bertz CT molecular complexity index is 587.